The Balaban J connectivity index is 3.58. The van der Waals surface area contributed by atoms with Gasteiger partial charge < -0.3 is 20.4 Å². The molecular weight excluding hydrogens is 124 g/mol. The fourth-order valence-electron chi connectivity index (χ4n) is 0.440. The van der Waals surface area contributed by atoms with E-state index < -0.39 is 18.5 Å². The molecule has 9 heavy (non-hydrogen) atoms. The van der Waals surface area contributed by atoms with Gasteiger partial charge in [-0.3, -0.25) is 0 Å². The zero-order valence-corrected chi connectivity index (χ0v) is 5.23. The van der Waals surface area contributed by atoms with Crippen molar-refractivity contribution in [3.8, 4) is 0 Å². The van der Waals surface area contributed by atoms with E-state index in [2.05, 4.69) is 0 Å². The van der Waals surface area contributed by atoms with Crippen LogP contribution in [-0.4, -0.2) is 38.9 Å². The van der Waals surface area contributed by atoms with Crippen molar-refractivity contribution in [2.75, 3.05) is 0 Å². The van der Waals surface area contributed by atoms with E-state index in [1.807, 2.05) is 0 Å². The van der Waals surface area contributed by atoms with Gasteiger partial charge in [-0.15, -0.1) is 0 Å². The summed E-state index contributed by atoms with van der Waals surface area (Å²) in [5.41, 5.74) is 0. The van der Waals surface area contributed by atoms with Gasteiger partial charge in [-0.25, -0.2) is 0 Å². The molecule has 0 aromatic carbocycles. The monoisotopic (exact) mass is 136 g/mol. The molecule has 56 valence electrons. The molecule has 0 aromatic heterocycles. The molecule has 0 amide bonds. The van der Waals surface area contributed by atoms with Crippen LogP contribution in [-0.2, 0) is 0 Å². The van der Waals surface area contributed by atoms with Crippen LogP contribution in [0.15, 0.2) is 0 Å². The fourth-order valence-corrected chi connectivity index (χ4v) is 0.440. The SMILES string of the molecule is CCC(O)C(O)C(O)O. The van der Waals surface area contributed by atoms with Crippen LogP contribution in [0.25, 0.3) is 0 Å². The van der Waals surface area contributed by atoms with E-state index >= 15 is 0 Å². The van der Waals surface area contributed by atoms with E-state index in [0.717, 1.165) is 0 Å². The Bertz CT molecular complexity index is 73.4. The van der Waals surface area contributed by atoms with Gasteiger partial charge in [0.1, 0.15) is 6.10 Å². The lowest BCUT2D eigenvalue weighted by Crippen LogP contribution is -2.36. The minimum atomic E-state index is -1.85. The van der Waals surface area contributed by atoms with Crippen LogP contribution in [0.1, 0.15) is 13.3 Å². The zero-order chi connectivity index (χ0) is 7.44. The van der Waals surface area contributed by atoms with Gasteiger partial charge in [-0.1, -0.05) is 6.92 Å². The van der Waals surface area contributed by atoms with E-state index in [1.54, 1.807) is 6.92 Å². The molecule has 0 bridgehead atoms. The van der Waals surface area contributed by atoms with Gasteiger partial charge in [0.15, 0.2) is 6.29 Å². The predicted octanol–water partition coefficient (Wildman–Crippen LogP) is -1.57. The first kappa shape index (κ1) is 8.84. The minimum Gasteiger partial charge on any atom is -0.390 e. The average Bonchev–Trinajstić information content (AvgIpc) is 1.84. The number of rotatable bonds is 3. The van der Waals surface area contributed by atoms with Crippen molar-refractivity contribution < 1.29 is 20.4 Å². The lowest BCUT2D eigenvalue weighted by atomic mass is 10.1. The highest BCUT2D eigenvalue weighted by Crippen LogP contribution is 2.00. The van der Waals surface area contributed by atoms with Gasteiger partial charge in [-0.05, 0) is 6.42 Å². The van der Waals surface area contributed by atoms with Crippen LogP contribution in [0, 0.1) is 0 Å². The van der Waals surface area contributed by atoms with Crippen molar-refractivity contribution in [2.45, 2.75) is 31.8 Å². The van der Waals surface area contributed by atoms with Crippen LogP contribution < -0.4 is 0 Å². The van der Waals surface area contributed by atoms with Gasteiger partial charge in [-0.2, -0.15) is 0 Å². The molecule has 2 unspecified atom stereocenters. The van der Waals surface area contributed by atoms with Crippen LogP contribution in [0.3, 0.4) is 0 Å². The largest absolute Gasteiger partial charge is 0.390 e. The van der Waals surface area contributed by atoms with E-state index in [4.69, 9.17) is 20.4 Å². The summed E-state index contributed by atoms with van der Waals surface area (Å²) in [7, 11) is 0. The topological polar surface area (TPSA) is 80.9 Å². The lowest BCUT2D eigenvalue weighted by Gasteiger charge is -2.16. The van der Waals surface area contributed by atoms with Crippen LogP contribution in [0.5, 0.6) is 0 Å². The van der Waals surface area contributed by atoms with E-state index in [0.29, 0.717) is 6.42 Å². The number of aliphatic hydroxyl groups is 4. The Morgan fingerprint density at radius 1 is 1.11 bits per heavy atom. The average molecular weight is 136 g/mol. The molecule has 0 saturated heterocycles. The van der Waals surface area contributed by atoms with Crippen molar-refractivity contribution in [3.05, 3.63) is 0 Å². The molecule has 0 aromatic rings. The van der Waals surface area contributed by atoms with Gasteiger partial charge in [0, 0.05) is 0 Å². The Labute approximate surface area is 53.4 Å². The zero-order valence-electron chi connectivity index (χ0n) is 5.23. The third-order valence-corrected chi connectivity index (χ3v) is 1.12. The molecule has 2 atom stereocenters. The second kappa shape index (κ2) is 3.79. The van der Waals surface area contributed by atoms with Gasteiger partial charge >= 0.3 is 0 Å². The number of aliphatic hydroxyl groups excluding tert-OH is 3. The summed E-state index contributed by atoms with van der Waals surface area (Å²) in [5, 5.41) is 33.9. The summed E-state index contributed by atoms with van der Waals surface area (Å²) in [5.74, 6) is 0. The van der Waals surface area contributed by atoms with Crippen molar-refractivity contribution >= 4 is 0 Å². The molecule has 0 aliphatic heterocycles. The Kier molecular flexibility index (Phi) is 3.72. The molecule has 4 nitrogen and oxygen atoms in total. The molecule has 0 aliphatic carbocycles. The first-order chi connectivity index (χ1) is 4.09. The van der Waals surface area contributed by atoms with Gasteiger partial charge in [0.25, 0.3) is 0 Å². The summed E-state index contributed by atoms with van der Waals surface area (Å²) >= 11 is 0. The van der Waals surface area contributed by atoms with Crippen molar-refractivity contribution in [1.82, 2.24) is 0 Å². The van der Waals surface area contributed by atoms with Gasteiger partial charge in [0.05, 0.1) is 6.10 Å². The predicted molar refractivity (Wildman–Crippen MR) is 30.5 cm³/mol. The summed E-state index contributed by atoms with van der Waals surface area (Å²) in [6, 6.07) is 0. The first-order valence-electron chi connectivity index (χ1n) is 2.81. The standard InChI is InChI=1S/C5H12O4/c1-2-3(6)4(7)5(8)9/h3-9H,2H2,1H3. The molecule has 4 N–H and O–H groups in total. The quantitative estimate of drug-likeness (QED) is 0.353. The lowest BCUT2D eigenvalue weighted by molar-refractivity contribution is -0.157. The van der Waals surface area contributed by atoms with E-state index in [1.165, 1.54) is 0 Å². The van der Waals surface area contributed by atoms with Crippen LogP contribution in [0.2, 0.25) is 0 Å². The maximum Gasteiger partial charge on any atom is 0.180 e. The normalized spacial score (nSPS) is 18.0. The molecule has 0 heterocycles. The molecular formula is C5H12O4. The minimum absolute atomic E-state index is 0.304. The van der Waals surface area contributed by atoms with Crippen molar-refractivity contribution in [3.63, 3.8) is 0 Å². The fraction of sp³-hybridized carbons (Fsp3) is 1.00. The molecule has 4 heteroatoms. The molecule has 0 saturated carbocycles. The van der Waals surface area contributed by atoms with E-state index in [-0.39, 0.29) is 0 Å². The second-order valence-electron chi connectivity index (χ2n) is 1.88. The van der Waals surface area contributed by atoms with E-state index in [9.17, 15) is 0 Å². The highest BCUT2D eigenvalue weighted by molar-refractivity contribution is 4.65. The molecule has 0 fully saturated rings. The van der Waals surface area contributed by atoms with Gasteiger partial charge in [0.2, 0.25) is 0 Å². The third-order valence-electron chi connectivity index (χ3n) is 1.12. The Morgan fingerprint density at radius 2 is 1.56 bits per heavy atom. The van der Waals surface area contributed by atoms with Crippen LogP contribution in [0.4, 0.5) is 0 Å². The van der Waals surface area contributed by atoms with Crippen molar-refractivity contribution in [1.29, 1.82) is 0 Å². The summed E-state index contributed by atoms with van der Waals surface area (Å²) in [4.78, 5) is 0. The molecule has 0 rings (SSSR count). The highest BCUT2D eigenvalue weighted by Gasteiger charge is 2.20. The molecule has 0 spiro atoms. The van der Waals surface area contributed by atoms with Crippen molar-refractivity contribution in [2.24, 2.45) is 0 Å². The number of hydrogen-bond donors (Lipinski definition) is 4. The smallest absolute Gasteiger partial charge is 0.180 e. The summed E-state index contributed by atoms with van der Waals surface area (Å²) in [6.45, 7) is 1.64. The molecule has 0 radical (unpaired) electrons. The first-order valence-corrected chi connectivity index (χ1v) is 2.81. The maximum absolute atomic E-state index is 8.73. The summed E-state index contributed by atoms with van der Waals surface area (Å²) < 4.78 is 0. The Hall–Kier alpha value is -0.160. The Morgan fingerprint density at radius 3 is 1.67 bits per heavy atom. The summed E-state index contributed by atoms with van der Waals surface area (Å²) in [6.07, 6.45) is -4.04. The highest BCUT2D eigenvalue weighted by atomic mass is 16.5. The third kappa shape index (κ3) is 2.76. The second-order valence-corrected chi connectivity index (χ2v) is 1.88. The maximum atomic E-state index is 8.73. The number of hydrogen-bond acceptors (Lipinski definition) is 4. The van der Waals surface area contributed by atoms with Crippen LogP contribution >= 0.6 is 0 Å². The molecule has 0 aliphatic rings.